The van der Waals surface area contributed by atoms with Crippen LogP contribution in [0.4, 0.5) is 5.69 Å². The quantitative estimate of drug-likeness (QED) is 0.829. The summed E-state index contributed by atoms with van der Waals surface area (Å²) < 4.78 is 0. The van der Waals surface area contributed by atoms with Crippen molar-refractivity contribution in [1.29, 1.82) is 0 Å². The highest BCUT2D eigenvalue weighted by Crippen LogP contribution is 2.40. The molecule has 1 saturated heterocycles. The number of hydrogen-bond donors (Lipinski definition) is 1. The van der Waals surface area contributed by atoms with E-state index in [2.05, 4.69) is 5.38 Å². The van der Waals surface area contributed by atoms with E-state index in [1.54, 1.807) is 11.3 Å². The number of nitrogens with zero attached hydrogens (tertiary/aromatic N) is 1. The lowest BCUT2D eigenvalue weighted by Crippen LogP contribution is -2.01. The molecule has 1 aliphatic rings. The molecule has 0 saturated carbocycles. The van der Waals surface area contributed by atoms with E-state index in [1.165, 1.54) is 30.0 Å². The zero-order valence-electron chi connectivity index (χ0n) is 10.1. The predicted octanol–water partition coefficient (Wildman–Crippen LogP) is 4.35. The molecular weight excluding hydrogens is 260 g/mol. The van der Waals surface area contributed by atoms with Gasteiger partial charge < -0.3 is 5.73 Å². The first kappa shape index (κ1) is 12.1. The van der Waals surface area contributed by atoms with Crippen LogP contribution in [0.5, 0.6) is 0 Å². The Balaban J connectivity index is 1.87. The summed E-state index contributed by atoms with van der Waals surface area (Å²) in [5, 5.41) is 4.00. The van der Waals surface area contributed by atoms with Crippen LogP contribution in [0.15, 0.2) is 29.6 Å². The average Bonchev–Trinajstić information content (AvgIpc) is 2.90. The second-order valence-corrected chi connectivity index (χ2v) is 6.71. The molecule has 1 aromatic carbocycles. The van der Waals surface area contributed by atoms with Gasteiger partial charge in [0.2, 0.25) is 0 Å². The molecule has 1 aromatic heterocycles. The molecule has 94 valence electrons. The lowest BCUT2D eigenvalue weighted by atomic mass is 10.1. The largest absolute Gasteiger partial charge is 0.398 e. The molecule has 0 aliphatic carbocycles. The predicted molar refractivity (Wildman–Crippen MR) is 81.0 cm³/mol. The Morgan fingerprint density at radius 3 is 2.89 bits per heavy atom. The summed E-state index contributed by atoms with van der Waals surface area (Å²) in [5.41, 5.74) is 8.89. The van der Waals surface area contributed by atoms with Crippen molar-refractivity contribution in [3.05, 3.63) is 34.7 Å². The van der Waals surface area contributed by atoms with Crippen molar-refractivity contribution in [3.63, 3.8) is 0 Å². The van der Waals surface area contributed by atoms with Crippen molar-refractivity contribution < 1.29 is 0 Å². The smallest absolute Gasteiger partial charge is 0.106 e. The maximum Gasteiger partial charge on any atom is 0.106 e. The summed E-state index contributed by atoms with van der Waals surface area (Å²) in [6.45, 7) is 0. The van der Waals surface area contributed by atoms with Crippen LogP contribution in [-0.2, 0) is 0 Å². The Kier molecular flexibility index (Phi) is 3.57. The van der Waals surface area contributed by atoms with Gasteiger partial charge in [0, 0.05) is 16.6 Å². The molecule has 1 aliphatic heterocycles. The molecule has 18 heavy (non-hydrogen) atoms. The molecule has 0 radical (unpaired) electrons. The van der Waals surface area contributed by atoms with E-state index in [0.717, 1.165) is 16.9 Å². The highest BCUT2D eigenvalue weighted by molar-refractivity contribution is 7.99. The number of anilines is 1. The molecule has 3 rings (SSSR count). The first-order valence-electron chi connectivity index (χ1n) is 6.26. The van der Waals surface area contributed by atoms with Crippen molar-refractivity contribution >= 4 is 28.8 Å². The number of thiazole rings is 1. The van der Waals surface area contributed by atoms with Crippen LogP contribution in [0.1, 0.15) is 29.5 Å². The number of aromatic nitrogens is 1. The molecule has 0 spiro atoms. The molecule has 2 heterocycles. The van der Waals surface area contributed by atoms with Gasteiger partial charge in [-0.2, -0.15) is 11.8 Å². The number of benzene rings is 1. The van der Waals surface area contributed by atoms with Crippen molar-refractivity contribution in [2.45, 2.75) is 24.5 Å². The van der Waals surface area contributed by atoms with Crippen LogP contribution >= 0.6 is 23.1 Å². The zero-order chi connectivity index (χ0) is 12.4. The van der Waals surface area contributed by atoms with Gasteiger partial charge >= 0.3 is 0 Å². The van der Waals surface area contributed by atoms with Gasteiger partial charge in [-0.05, 0) is 24.7 Å². The summed E-state index contributed by atoms with van der Waals surface area (Å²) in [7, 11) is 0. The van der Waals surface area contributed by atoms with E-state index in [1.807, 2.05) is 36.0 Å². The zero-order valence-corrected chi connectivity index (χ0v) is 11.8. The van der Waals surface area contributed by atoms with Gasteiger partial charge in [-0.1, -0.05) is 24.6 Å². The Hall–Kier alpha value is -1.00. The van der Waals surface area contributed by atoms with Crippen LogP contribution in [0.2, 0.25) is 0 Å². The Bertz CT molecular complexity index is 530. The van der Waals surface area contributed by atoms with Crippen molar-refractivity contribution in [2.24, 2.45) is 0 Å². The van der Waals surface area contributed by atoms with E-state index in [0.29, 0.717) is 5.25 Å². The first-order valence-corrected chi connectivity index (χ1v) is 8.19. The minimum Gasteiger partial charge on any atom is -0.398 e. The van der Waals surface area contributed by atoms with Crippen LogP contribution in [0.25, 0.3) is 11.3 Å². The van der Waals surface area contributed by atoms with Gasteiger partial charge in [-0.25, -0.2) is 4.98 Å². The minimum absolute atomic E-state index is 0.599. The van der Waals surface area contributed by atoms with Gasteiger partial charge in [0.1, 0.15) is 5.01 Å². The number of nitrogens with two attached hydrogens (primary N) is 1. The normalized spacial score (nSPS) is 19.9. The summed E-state index contributed by atoms with van der Waals surface area (Å²) in [6.07, 6.45) is 3.95. The van der Waals surface area contributed by atoms with Crippen molar-refractivity contribution in [2.75, 3.05) is 11.5 Å². The Morgan fingerprint density at radius 2 is 2.11 bits per heavy atom. The summed E-state index contributed by atoms with van der Waals surface area (Å²) in [5.74, 6) is 1.27. The average molecular weight is 276 g/mol. The first-order chi connectivity index (χ1) is 8.84. The lowest BCUT2D eigenvalue weighted by molar-refractivity contribution is 0.684. The second kappa shape index (κ2) is 5.33. The fourth-order valence-electron chi connectivity index (χ4n) is 2.22. The molecule has 1 fully saturated rings. The fourth-order valence-corrected chi connectivity index (χ4v) is 4.61. The van der Waals surface area contributed by atoms with Crippen LogP contribution in [-0.4, -0.2) is 10.7 Å². The topological polar surface area (TPSA) is 38.9 Å². The maximum atomic E-state index is 6.00. The van der Waals surface area contributed by atoms with Gasteiger partial charge in [0.15, 0.2) is 0 Å². The van der Waals surface area contributed by atoms with Gasteiger partial charge in [0.05, 0.1) is 10.9 Å². The maximum absolute atomic E-state index is 6.00. The number of thioether (sulfide) groups is 1. The molecular formula is C14H16N2S2. The third-order valence-electron chi connectivity index (χ3n) is 3.21. The summed E-state index contributed by atoms with van der Waals surface area (Å²) >= 11 is 3.82. The van der Waals surface area contributed by atoms with Crippen LogP contribution in [0, 0.1) is 0 Å². The molecule has 1 unspecified atom stereocenters. The van der Waals surface area contributed by atoms with E-state index in [-0.39, 0.29) is 0 Å². The number of rotatable bonds is 2. The molecule has 0 bridgehead atoms. The molecule has 4 heteroatoms. The van der Waals surface area contributed by atoms with E-state index >= 15 is 0 Å². The fraction of sp³-hybridized carbons (Fsp3) is 0.357. The number of nitrogen functional groups attached to an aromatic ring is 1. The van der Waals surface area contributed by atoms with E-state index in [4.69, 9.17) is 10.7 Å². The molecule has 2 nitrogen and oxygen atoms in total. The van der Waals surface area contributed by atoms with Gasteiger partial charge in [0.25, 0.3) is 0 Å². The molecule has 2 N–H and O–H groups in total. The standard InChI is InChI=1S/C14H16N2S2/c15-11-6-2-1-5-10(11)12-9-18-14(16-12)13-7-3-4-8-17-13/h1-2,5-6,9,13H,3-4,7-8,15H2. The Morgan fingerprint density at radius 1 is 1.22 bits per heavy atom. The molecule has 2 aromatic rings. The minimum atomic E-state index is 0.599. The van der Waals surface area contributed by atoms with Gasteiger partial charge in [-0.15, -0.1) is 11.3 Å². The second-order valence-electron chi connectivity index (χ2n) is 4.51. The third-order valence-corrected chi connectivity index (χ3v) is 5.71. The SMILES string of the molecule is Nc1ccccc1-c1csc(C2CCCCS2)n1. The van der Waals surface area contributed by atoms with Crippen molar-refractivity contribution in [3.8, 4) is 11.3 Å². The summed E-state index contributed by atoms with van der Waals surface area (Å²) in [4.78, 5) is 4.78. The molecule has 1 atom stereocenters. The van der Waals surface area contributed by atoms with Crippen molar-refractivity contribution in [1.82, 2.24) is 4.98 Å². The van der Waals surface area contributed by atoms with Crippen LogP contribution < -0.4 is 5.73 Å². The highest BCUT2D eigenvalue weighted by Gasteiger charge is 2.19. The van der Waals surface area contributed by atoms with Crippen LogP contribution in [0.3, 0.4) is 0 Å². The molecule has 0 amide bonds. The number of para-hydroxylation sites is 1. The van der Waals surface area contributed by atoms with E-state index in [9.17, 15) is 0 Å². The van der Waals surface area contributed by atoms with Gasteiger partial charge in [-0.3, -0.25) is 0 Å². The summed E-state index contributed by atoms with van der Waals surface area (Å²) in [6, 6.07) is 7.95. The third kappa shape index (κ3) is 2.40. The Labute approximate surface area is 116 Å². The highest BCUT2D eigenvalue weighted by atomic mass is 32.2. The number of hydrogen-bond acceptors (Lipinski definition) is 4. The van der Waals surface area contributed by atoms with E-state index < -0.39 is 0 Å². The lowest BCUT2D eigenvalue weighted by Gasteiger charge is -2.18. The monoisotopic (exact) mass is 276 g/mol.